The second-order valence-electron chi connectivity index (χ2n) is 7.40. The van der Waals surface area contributed by atoms with Gasteiger partial charge in [0.05, 0.1) is 11.8 Å². The number of piperazine rings is 1. The molecule has 5 heteroatoms. The number of fused-ring (bicyclic) bond motifs is 2. The second-order valence-corrected chi connectivity index (χ2v) is 7.40. The maximum atomic E-state index is 13.1. The van der Waals surface area contributed by atoms with Gasteiger partial charge in [0, 0.05) is 26.2 Å². The molecule has 1 heterocycles. The quantitative estimate of drug-likeness (QED) is 0.806. The molecule has 4 atom stereocenters. The van der Waals surface area contributed by atoms with E-state index in [-0.39, 0.29) is 23.7 Å². The minimum Gasteiger partial charge on any atom is -0.481 e. The molecule has 1 saturated heterocycles. The molecule has 5 nitrogen and oxygen atoms in total. The Bertz CT molecular complexity index is 530. The zero-order chi connectivity index (χ0) is 16.7. The third-order valence-corrected chi connectivity index (χ3v) is 6.12. The molecule has 23 heavy (non-hydrogen) atoms. The molecule has 3 fully saturated rings. The number of aliphatic carboxylic acids is 1. The summed E-state index contributed by atoms with van der Waals surface area (Å²) >= 11 is 0. The average molecular weight is 320 g/mol. The van der Waals surface area contributed by atoms with Gasteiger partial charge in [-0.05, 0) is 45.1 Å². The lowest BCUT2D eigenvalue weighted by Crippen LogP contribution is -2.52. The lowest BCUT2D eigenvalue weighted by Gasteiger charge is -2.37. The van der Waals surface area contributed by atoms with Crippen molar-refractivity contribution in [3.8, 4) is 0 Å². The molecule has 0 aromatic carbocycles. The van der Waals surface area contributed by atoms with Crippen LogP contribution in [0.15, 0.2) is 11.1 Å². The van der Waals surface area contributed by atoms with Crippen LogP contribution in [0.5, 0.6) is 0 Å². The van der Waals surface area contributed by atoms with Crippen LogP contribution in [0.2, 0.25) is 0 Å². The maximum Gasteiger partial charge on any atom is 0.307 e. The highest BCUT2D eigenvalue weighted by atomic mass is 16.4. The minimum atomic E-state index is -0.790. The van der Waals surface area contributed by atoms with E-state index in [9.17, 15) is 14.7 Å². The van der Waals surface area contributed by atoms with Gasteiger partial charge in [0.25, 0.3) is 0 Å². The number of amides is 1. The first-order chi connectivity index (χ1) is 11.0. The van der Waals surface area contributed by atoms with E-state index in [0.717, 1.165) is 45.6 Å². The number of nitrogens with zero attached hydrogens (tertiary/aromatic N) is 2. The van der Waals surface area contributed by atoms with Crippen LogP contribution in [-0.2, 0) is 9.59 Å². The summed E-state index contributed by atoms with van der Waals surface area (Å²) in [6.07, 6.45) is 1.90. The third kappa shape index (κ3) is 2.69. The van der Waals surface area contributed by atoms with E-state index in [1.54, 1.807) is 0 Å². The highest BCUT2D eigenvalue weighted by Crippen LogP contribution is 2.57. The van der Waals surface area contributed by atoms with Crippen molar-refractivity contribution in [1.82, 2.24) is 9.80 Å². The Hall–Kier alpha value is -1.36. The predicted molar refractivity (Wildman–Crippen MR) is 87.9 cm³/mol. The van der Waals surface area contributed by atoms with Crippen LogP contribution < -0.4 is 0 Å². The topological polar surface area (TPSA) is 60.9 Å². The van der Waals surface area contributed by atoms with Crippen molar-refractivity contribution in [2.75, 3.05) is 32.7 Å². The maximum absolute atomic E-state index is 13.1. The van der Waals surface area contributed by atoms with Gasteiger partial charge < -0.3 is 14.9 Å². The summed E-state index contributed by atoms with van der Waals surface area (Å²) in [7, 11) is 0. The molecular formula is C18H28N2O3. The van der Waals surface area contributed by atoms with E-state index in [4.69, 9.17) is 0 Å². The number of likely N-dealkylation sites (N-methyl/N-ethyl adjacent to an activating group) is 1. The van der Waals surface area contributed by atoms with E-state index in [0.29, 0.717) is 0 Å². The molecule has 2 saturated carbocycles. The molecule has 1 amide bonds. The van der Waals surface area contributed by atoms with E-state index in [2.05, 4.69) is 25.7 Å². The molecule has 2 aliphatic carbocycles. The summed E-state index contributed by atoms with van der Waals surface area (Å²) in [5.41, 5.74) is 2.48. The van der Waals surface area contributed by atoms with E-state index < -0.39 is 11.9 Å². The molecule has 3 rings (SSSR count). The fraction of sp³-hybridized carbons (Fsp3) is 0.778. The van der Waals surface area contributed by atoms with Crippen LogP contribution in [0.4, 0.5) is 0 Å². The van der Waals surface area contributed by atoms with Gasteiger partial charge in [-0.1, -0.05) is 18.1 Å². The molecule has 2 bridgehead atoms. The van der Waals surface area contributed by atoms with Gasteiger partial charge in [-0.2, -0.15) is 0 Å². The Labute approximate surface area is 138 Å². The highest BCUT2D eigenvalue weighted by Gasteiger charge is 2.57. The van der Waals surface area contributed by atoms with E-state index in [1.807, 2.05) is 4.90 Å². The number of rotatable bonds is 3. The van der Waals surface area contributed by atoms with Crippen LogP contribution in [0.3, 0.4) is 0 Å². The number of carbonyl (C=O) groups is 2. The molecule has 128 valence electrons. The summed E-state index contributed by atoms with van der Waals surface area (Å²) in [4.78, 5) is 29.2. The van der Waals surface area contributed by atoms with Crippen LogP contribution in [0.1, 0.15) is 33.6 Å². The molecule has 0 radical (unpaired) electrons. The van der Waals surface area contributed by atoms with Crippen LogP contribution >= 0.6 is 0 Å². The molecule has 0 aromatic heterocycles. The first-order valence-electron chi connectivity index (χ1n) is 8.86. The molecule has 0 aromatic rings. The van der Waals surface area contributed by atoms with Gasteiger partial charge in [0.2, 0.25) is 5.91 Å². The summed E-state index contributed by atoms with van der Waals surface area (Å²) in [5, 5.41) is 9.73. The van der Waals surface area contributed by atoms with Crippen LogP contribution in [0, 0.1) is 23.7 Å². The SMILES string of the molecule is CCN1CCN(C(=O)C2C3CCC(C3=C(C)C)C2C(=O)O)CC1. The molecule has 4 unspecified atom stereocenters. The molecule has 1 N–H and O–H groups in total. The first kappa shape index (κ1) is 16.5. The fourth-order valence-electron chi connectivity index (χ4n) is 5.08. The molecular weight excluding hydrogens is 292 g/mol. The number of hydrogen-bond acceptors (Lipinski definition) is 3. The highest BCUT2D eigenvalue weighted by molar-refractivity contribution is 5.87. The Morgan fingerprint density at radius 3 is 2.09 bits per heavy atom. The van der Waals surface area contributed by atoms with Crippen molar-refractivity contribution >= 4 is 11.9 Å². The lowest BCUT2D eigenvalue weighted by atomic mass is 9.78. The zero-order valence-electron chi connectivity index (χ0n) is 14.4. The minimum absolute atomic E-state index is 0.0772. The van der Waals surface area contributed by atoms with Crippen molar-refractivity contribution in [3.63, 3.8) is 0 Å². The van der Waals surface area contributed by atoms with Crippen molar-refractivity contribution in [3.05, 3.63) is 11.1 Å². The number of hydrogen-bond donors (Lipinski definition) is 1. The normalized spacial score (nSPS) is 34.0. The second kappa shape index (κ2) is 6.27. The standard InChI is InChI=1S/C18H28N2O3/c1-4-19-7-9-20(10-8-19)17(21)15-12-5-6-13(14(12)11(2)3)16(15)18(22)23/h12-13,15-16H,4-10H2,1-3H3,(H,22,23). The van der Waals surface area contributed by atoms with Crippen molar-refractivity contribution in [1.29, 1.82) is 0 Å². The van der Waals surface area contributed by atoms with Gasteiger partial charge in [-0.15, -0.1) is 0 Å². The summed E-state index contributed by atoms with van der Waals surface area (Å²) in [6, 6.07) is 0. The predicted octanol–water partition coefficient (Wildman–Crippen LogP) is 1.84. The lowest BCUT2D eigenvalue weighted by molar-refractivity contribution is -0.153. The summed E-state index contributed by atoms with van der Waals surface area (Å²) < 4.78 is 0. The molecule has 3 aliphatic rings. The third-order valence-electron chi connectivity index (χ3n) is 6.12. The van der Waals surface area contributed by atoms with Gasteiger partial charge in [0.1, 0.15) is 0 Å². The monoisotopic (exact) mass is 320 g/mol. The van der Waals surface area contributed by atoms with Crippen LogP contribution in [0.25, 0.3) is 0 Å². The van der Waals surface area contributed by atoms with Crippen molar-refractivity contribution in [2.45, 2.75) is 33.6 Å². The van der Waals surface area contributed by atoms with Crippen molar-refractivity contribution < 1.29 is 14.7 Å². The smallest absolute Gasteiger partial charge is 0.307 e. The Kier molecular flexibility index (Phi) is 4.50. The molecule has 0 spiro atoms. The van der Waals surface area contributed by atoms with E-state index in [1.165, 1.54) is 11.1 Å². The first-order valence-corrected chi connectivity index (χ1v) is 8.86. The van der Waals surface area contributed by atoms with Gasteiger partial charge >= 0.3 is 5.97 Å². The van der Waals surface area contributed by atoms with Gasteiger partial charge in [-0.25, -0.2) is 0 Å². The number of carboxylic acid groups (broad SMARTS) is 1. The fourth-order valence-corrected chi connectivity index (χ4v) is 5.08. The Balaban J connectivity index is 1.82. The Morgan fingerprint density at radius 2 is 1.61 bits per heavy atom. The van der Waals surface area contributed by atoms with Gasteiger partial charge in [-0.3, -0.25) is 9.59 Å². The average Bonchev–Trinajstić information content (AvgIpc) is 3.10. The number of allylic oxidation sites excluding steroid dienone is 2. The Morgan fingerprint density at radius 1 is 1.04 bits per heavy atom. The largest absolute Gasteiger partial charge is 0.481 e. The zero-order valence-corrected chi connectivity index (χ0v) is 14.4. The number of carbonyl (C=O) groups excluding carboxylic acids is 1. The summed E-state index contributed by atoms with van der Waals surface area (Å²) in [6.45, 7) is 10.5. The van der Waals surface area contributed by atoms with Crippen LogP contribution in [-0.4, -0.2) is 59.5 Å². The van der Waals surface area contributed by atoms with E-state index >= 15 is 0 Å². The van der Waals surface area contributed by atoms with Crippen molar-refractivity contribution in [2.24, 2.45) is 23.7 Å². The summed E-state index contributed by atoms with van der Waals surface area (Å²) in [5.74, 6) is -1.34. The van der Waals surface area contributed by atoms with Gasteiger partial charge in [0.15, 0.2) is 0 Å². The molecule has 1 aliphatic heterocycles. The number of carboxylic acids is 1.